The summed E-state index contributed by atoms with van der Waals surface area (Å²) in [7, 11) is 0. The van der Waals surface area contributed by atoms with Crippen LogP contribution in [0.3, 0.4) is 0 Å². The molecule has 5 rings (SSSR count). The standard InChI is InChI=1S/C24H15F2N/c25-17-12-13-22(26)21(15-17)16-6-5-7-18(14-16)27-23-10-3-1-8-19(23)20-9-2-4-11-24(20)27/h1-15H. The van der Waals surface area contributed by atoms with E-state index in [1.54, 1.807) is 6.07 Å². The average Bonchev–Trinajstić information content (AvgIpc) is 3.04. The van der Waals surface area contributed by atoms with Crippen molar-refractivity contribution in [2.45, 2.75) is 0 Å². The molecule has 0 bridgehead atoms. The maximum atomic E-state index is 14.3. The quantitative estimate of drug-likeness (QED) is 0.331. The van der Waals surface area contributed by atoms with Crippen LogP contribution in [-0.2, 0) is 0 Å². The Labute approximate surface area is 155 Å². The van der Waals surface area contributed by atoms with Gasteiger partial charge >= 0.3 is 0 Å². The first kappa shape index (κ1) is 15.8. The topological polar surface area (TPSA) is 4.93 Å². The van der Waals surface area contributed by atoms with Gasteiger partial charge in [0.25, 0.3) is 0 Å². The minimum absolute atomic E-state index is 0.262. The lowest BCUT2D eigenvalue weighted by Gasteiger charge is -2.11. The Morgan fingerprint density at radius 1 is 0.593 bits per heavy atom. The first-order valence-corrected chi connectivity index (χ1v) is 8.76. The van der Waals surface area contributed by atoms with E-state index in [1.165, 1.54) is 6.07 Å². The average molecular weight is 355 g/mol. The zero-order valence-electron chi connectivity index (χ0n) is 14.4. The Morgan fingerprint density at radius 2 is 1.26 bits per heavy atom. The minimum atomic E-state index is -0.450. The summed E-state index contributed by atoms with van der Waals surface area (Å²) in [5.74, 6) is -0.885. The molecule has 130 valence electrons. The van der Waals surface area contributed by atoms with Crippen LogP contribution >= 0.6 is 0 Å². The van der Waals surface area contributed by atoms with E-state index in [-0.39, 0.29) is 5.56 Å². The molecule has 0 amide bonds. The van der Waals surface area contributed by atoms with Crippen LogP contribution in [0.25, 0.3) is 38.6 Å². The third kappa shape index (κ3) is 2.51. The summed E-state index contributed by atoms with van der Waals surface area (Å²) < 4.78 is 30.1. The number of nitrogens with zero attached hydrogens (tertiary/aromatic N) is 1. The zero-order valence-corrected chi connectivity index (χ0v) is 14.4. The van der Waals surface area contributed by atoms with Gasteiger partial charge in [-0.25, -0.2) is 8.78 Å². The molecule has 1 aromatic heterocycles. The van der Waals surface area contributed by atoms with Crippen molar-refractivity contribution < 1.29 is 8.78 Å². The maximum Gasteiger partial charge on any atom is 0.131 e. The lowest BCUT2D eigenvalue weighted by Crippen LogP contribution is -1.95. The number of hydrogen-bond donors (Lipinski definition) is 0. The van der Waals surface area contributed by atoms with E-state index in [9.17, 15) is 8.78 Å². The van der Waals surface area contributed by atoms with E-state index >= 15 is 0 Å². The monoisotopic (exact) mass is 355 g/mol. The molecular formula is C24H15F2N. The van der Waals surface area contributed by atoms with E-state index in [2.05, 4.69) is 28.8 Å². The first-order chi connectivity index (χ1) is 13.2. The first-order valence-electron chi connectivity index (χ1n) is 8.76. The molecule has 0 N–H and O–H groups in total. The molecular weight excluding hydrogens is 340 g/mol. The molecule has 0 saturated carbocycles. The van der Waals surface area contributed by atoms with Crippen LogP contribution in [0, 0.1) is 11.6 Å². The summed E-state index contributed by atoms with van der Waals surface area (Å²) >= 11 is 0. The normalized spacial score (nSPS) is 11.3. The number of hydrogen-bond acceptors (Lipinski definition) is 0. The summed E-state index contributed by atoms with van der Waals surface area (Å²) in [6.45, 7) is 0. The van der Waals surface area contributed by atoms with Gasteiger partial charge in [0.15, 0.2) is 0 Å². The van der Waals surface area contributed by atoms with Gasteiger partial charge in [-0.1, -0.05) is 48.5 Å². The number of fused-ring (bicyclic) bond motifs is 3. The lowest BCUT2D eigenvalue weighted by atomic mass is 10.0. The predicted octanol–water partition coefficient (Wildman–Crippen LogP) is 6.73. The van der Waals surface area contributed by atoms with Crippen LogP contribution in [-0.4, -0.2) is 4.57 Å². The fourth-order valence-corrected chi connectivity index (χ4v) is 3.73. The molecule has 0 unspecified atom stereocenters. The van der Waals surface area contributed by atoms with E-state index in [1.807, 2.05) is 42.5 Å². The zero-order chi connectivity index (χ0) is 18.4. The van der Waals surface area contributed by atoms with Crippen molar-refractivity contribution in [1.29, 1.82) is 0 Å². The molecule has 1 nitrogen and oxygen atoms in total. The van der Waals surface area contributed by atoms with Gasteiger partial charge in [0, 0.05) is 22.0 Å². The van der Waals surface area contributed by atoms with Gasteiger partial charge in [-0.15, -0.1) is 0 Å². The summed E-state index contributed by atoms with van der Waals surface area (Å²) in [6, 6.07) is 27.5. The third-order valence-electron chi connectivity index (χ3n) is 4.92. The van der Waals surface area contributed by atoms with Crippen molar-refractivity contribution >= 4 is 21.8 Å². The van der Waals surface area contributed by atoms with Crippen LogP contribution in [0.1, 0.15) is 0 Å². The van der Waals surface area contributed by atoms with Gasteiger partial charge in [0.1, 0.15) is 11.6 Å². The third-order valence-corrected chi connectivity index (χ3v) is 4.92. The molecule has 0 saturated heterocycles. The van der Waals surface area contributed by atoms with Crippen molar-refractivity contribution in [3.05, 3.63) is 103 Å². The second kappa shape index (κ2) is 6.06. The molecule has 0 spiro atoms. The SMILES string of the molecule is Fc1ccc(F)c(-c2cccc(-n3c4ccccc4c4ccccc43)c2)c1. The molecule has 5 aromatic rings. The molecule has 0 aliphatic carbocycles. The Kier molecular flexibility index (Phi) is 3.54. The molecule has 1 heterocycles. The molecule has 0 aliphatic rings. The van der Waals surface area contributed by atoms with Crippen LogP contribution in [0.15, 0.2) is 91.0 Å². The van der Waals surface area contributed by atoms with E-state index < -0.39 is 11.6 Å². The van der Waals surface area contributed by atoms with E-state index in [4.69, 9.17) is 0 Å². The highest BCUT2D eigenvalue weighted by atomic mass is 19.1. The van der Waals surface area contributed by atoms with Crippen molar-refractivity contribution in [1.82, 2.24) is 4.57 Å². The van der Waals surface area contributed by atoms with Gasteiger partial charge in [0.2, 0.25) is 0 Å². The second-order valence-electron chi connectivity index (χ2n) is 6.54. The Balaban J connectivity index is 1.80. The van der Waals surface area contributed by atoms with Gasteiger partial charge in [-0.05, 0) is 48.0 Å². The Hall–Kier alpha value is -3.46. The van der Waals surface area contributed by atoms with Crippen molar-refractivity contribution in [3.8, 4) is 16.8 Å². The fourth-order valence-electron chi connectivity index (χ4n) is 3.73. The molecule has 3 heteroatoms. The van der Waals surface area contributed by atoms with Crippen LogP contribution in [0.5, 0.6) is 0 Å². The highest BCUT2D eigenvalue weighted by molar-refractivity contribution is 6.09. The molecule has 0 fully saturated rings. The minimum Gasteiger partial charge on any atom is -0.309 e. The summed E-state index contributed by atoms with van der Waals surface area (Å²) in [4.78, 5) is 0. The number of rotatable bonds is 2. The van der Waals surface area contributed by atoms with Crippen molar-refractivity contribution in [3.63, 3.8) is 0 Å². The second-order valence-corrected chi connectivity index (χ2v) is 6.54. The molecule has 0 atom stereocenters. The highest BCUT2D eigenvalue weighted by Gasteiger charge is 2.13. The highest BCUT2D eigenvalue weighted by Crippen LogP contribution is 2.33. The van der Waals surface area contributed by atoms with E-state index in [0.29, 0.717) is 5.56 Å². The maximum absolute atomic E-state index is 14.3. The van der Waals surface area contributed by atoms with Crippen LogP contribution in [0.2, 0.25) is 0 Å². The van der Waals surface area contributed by atoms with Gasteiger partial charge in [-0.2, -0.15) is 0 Å². The molecule has 27 heavy (non-hydrogen) atoms. The Bertz CT molecular complexity index is 1250. The van der Waals surface area contributed by atoms with Gasteiger partial charge in [-0.3, -0.25) is 0 Å². The molecule has 4 aromatic carbocycles. The van der Waals surface area contributed by atoms with Gasteiger partial charge in [0.05, 0.1) is 11.0 Å². The van der Waals surface area contributed by atoms with E-state index in [0.717, 1.165) is 39.6 Å². The number of benzene rings is 4. The smallest absolute Gasteiger partial charge is 0.131 e. The number of para-hydroxylation sites is 2. The summed E-state index contributed by atoms with van der Waals surface area (Å²) in [5.41, 5.74) is 3.98. The summed E-state index contributed by atoms with van der Waals surface area (Å²) in [5, 5.41) is 2.32. The van der Waals surface area contributed by atoms with Crippen LogP contribution < -0.4 is 0 Å². The summed E-state index contributed by atoms with van der Waals surface area (Å²) in [6.07, 6.45) is 0. The number of aromatic nitrogens is 1. The Morgan fingerprint density at radius 3 is 1.96 bits per heavy atom. The van der Waals surface area contributed by atoms with Crippen molar-refractivity contribution in [2.75, 3.05) is 0 Å². The number of halogens is 2. The predicted molar refractivity (Wildman–Crippen MR) is 106 cm³/mol. The molecule has 0 aliphatic heterocycles. The molecule has 0 radical (unpaired) electrons. The lowest BCUT2D eigenvalue weighted by molar-refractivity contribution is 0.603. The largest absolute Gasteiger partial charge is 0.309 e. The van der Waals surface area contributed by atoms with Crippen LogP contribution in [0.4, 0.5) is 8.78 Å². The fraction of sp³-hybridized carbons (Fsp3) is 0. The van der Waals surface area contributed by atoms with Gasteiger partial charge < -0.3 is 4.57 Å². The van der Waals surface area contributed by atoms with Crippen molar-refractivity contribution in [2.24, 2.45) is 0 Å².